The van der Waals surface area contributed by atoms with Gasteiger partial charge in [-0.15, -0.1) is 0 Å². The number of anilines is 3. The third-order valence-corrected chi connectivity index (χ3v) is 5.76. The average Bonchev–Trinajstić information content (AvgIpc) is 3.40. The van der Waals surface area contributed by atoms with Crippen LogP contribution < -0.4 is 15.0 Å². The van der Waals surface area contributed by atoms with E-state index in [-0.39, 0.29) is 0 Å². The Morgan fingerprint density at radius 3 is 2.81 bits per heavy atom. The van der Waals surface area contributed by atoms with Crippen LogP contribution in [0, 0.1) is 6.92 Å². The molecule has 0 aliphatic carbocycles. The van der Waals surface area contributed by atoms with Crippen LogP contribution in [0.25, 0.3) is 21.8 Å². The van der Waals surface area contributed by atoms with E-state index in [0.717, 1.165) is 46.9 Å². The predicted molar refractivity (Wildman–Crippen MR) is 130 cm³/mol. The third kappa shape index (κ3) is 3.85. The van der Waals surface area contributed by atoms with Gasteiger partial charge in [0.25, 0.3) is 0 Å². The molecule has 3 aromatic heterocycles. The fourth-order valence-electron chi connectivity index (χ4n) is 4.03. The second-order valence-corrected chi connectivity index (χ2v) is 7.92. The van der Waals surface area contributed by atoms with Crippen LogP contribution in [0.5, 0.6) is 5.75 Å². The molecular weight excluding hydrogens is 400 g/mol. The number of aryl methyl sites for hydroxylation is 1. The summed E-state index contributed by atoms with van der Waals surface area (Å²) in [5.74, 6) is 2.31. The standard InChI is InChI=1S/C25H26N6O/c1-16-12-18-13-19(4-6-22(18)29-16)31(2)24-9-11-27-25(30-24)26-10-8-17-15-28-23-7-5-20(32-3)14-21(17)23/h4-7,9,11-15,28-29H,8,10H2,1-3H3,(H,26,27,30). The molecule has 3 N–H and O–H groups in total. The maximum Gasteiger partial charge on any atom is 0.224 e. The van der Waals surface area contributed by atoms with Crippen LogP contribution in [-0.2, 0) is 6.42 Å². The molecule has 0 fully saturated rings. The number of H-pyrrole nitrogens is 2. The quantitative estimate of drug-likeness (QED) is 0.334. The van der Waals surface area contributed by atoms with Crippen molar-refractivity contribution in [2.75, 3.05) is 30.9 Å². The molecule has 7 heteroatoms. The minimum absolute atomic E-state index is 0.616. The first-order valence-corrected chi connectivity index (χ1v) is 10.6. The Morgan fingerprint density at radius 2 is 1.94 bits per heavy atom. The monoisotopic (exact) mass is 426 g/mol. The topological polar surface area (TPSA) is 81.9 Å². The number of aromatic amines is 2. The van der Waals surface area contributed by atoms with E-state index < -0.39 is 0 Å². The summed E-state index contributed by atoms with van der Waals surface area (Å²) in [6.07, 6.45) is 4.69. The minimum Gasteiger partial charge on any atom is -0.497 e. The highest BCUT2D eigenvalue weighted by Gasteiger charge is 2.10. The number of nitrogens with zero attached hydrogens (tertiary/aromatic N) is 3. The molecule has 0 aliphatic heterocycles. The van der Waals surface area contributed by atoms with Crippen molar-refractivity contribution < 1.29 is 4.74 Å². The lowest BCUT2D eigenvalue weighted by molar-refractivity contribution is 0.415. The molecule has 7 nitrogen and oxygen atoms in total. The van der Waals surface area contributed by atoms with Gasteiger partial charge in [0.05, 0.1) is 7.11 Å². The first-order chi connectivity index (χ1) is 15.6. The summed E-state index contributed by atoms with van der Waals surface area (Å²) in [6.45, 7) is 2.80. The lowest BCUT2D eigenvalue weighted by Crippen LogP contribution is -2.14. The second kappa shape index (κ2) is 8.26. The van der Waals surface area contributed by atoms with Gasteiger partial charge in [-0.05, 0) is 67.4 Å². The molecule has 0 amide bonds. The van der Waals surface area contributed by atoms with Gasteiger partial charge in [-0.3, -0.25) is 0 Å². The average molecular weight is 427 g/mol. The highest BCUT2D eigenvalue weighted by atomic mass is 16.5. The molecule has 0 radical (unpaired) electrons. The number of hydrogen-bond donors (Lipinski definition) is 3. The van der Waals surface area contributed by atoms with Crippen molar-refractivity contribution in [2.24, 2.45) is 0 Å². The van der Waals surface area contributed by atoms with Gasteiger partial charge in [0.1, 0.15) is 11.6 Å². The SMILES string of the molecule is COc1ccc2[nH]cc(CCNc3nccc(N(C)c4ccc5[nH]c(C)cc5c4)n3)c2c1. The minimum atomic E-state index is 0.616. The molecule has 5 aromatic rings. The number of benzene rings is 2. The van der Waals surface area contributed by atoms with E-state index in [1.165, 1.54) is 16.3 Å². The Labute approximate surface area is 186 Å². The van der Waals surface area contributed by atoms with Crippen molar-refractivity contribution in [3.8, 4) is 5.75 Å². The Hall–Kier alpha value is -4.00. The van der Waals surface area contributed by atoms with E-state index in [4.69, 9.17) is 9.72 Å². The van der Waals surface area contributed by atoms with Gasteiger partial charge in [0.15, 0.2) is 0 Å². The van der Waals surface area contributed by atoms with E-state index in [1.54, 1.807) is 13.3 Å². The predicted octanol–water partition coefficient (Wildman–Crippen LogP) is 5.18. The summed E-state index contributed by atoms with van der Waals surface area (Å²) in [4.78, 5) is 17.9. The van der Waals surface area contributed by atoms with Crippen LogP contribution in [0.2, 0.25) is 0 Å². The Balaban J connectivity index is 1.28. The Morgan fingerprint density at radius 1 is 1.06 bits per heavy atom. The lowest BCUT2D eigenvalue weighted by atomic mass is 10.1. The van der Waals surface area contributed by atoms with Gasteiger partial charge >= 0.3 is 0 Å². The van der Waals surface area contributed by atoms with Crippen molar-refractivity contribution in [2.45, 2.75) is 13.3 Å². The summed E-state index contributed by atoms with van der Waals surface area (Å²) in [6, 6.07) is 16.5. The van der Waals surface area contributed by atoms with E-state index in [9.17, 15) is 0 Å². The number of ether oxygens (including phenoxy) is 1. The van der Waals surface area contributed by atoms with E-state index in [2.05, 4.69) is 68.6 Å². The van der Waals surface area contributed by atoms with Crippen LogP contribution in [0.3, 0.4) is 0 Å². The number of aromatic nitrogens is 4. The van der Waals surface area contributed by atoms with E-state index in [1.807, 2.05) is 25.2 Å². The highest BCUT2D eigenvalue weighted by Crippen LogP contribution is 2.27. The zero-order valence-electron chi connectivity index (χ0n) is 18.4. The molecule has 162 valence electrons. The van der Waals surface area contributed by atoms with Crippen molar-refractivity contribution in [3.63, 3.8) is 0 Å². The van der Waals surface area contributed by atoms with Crippen LogP contribution >= 0.6 is 0 Å². The molecule has 0 saturated carbocycles. The molecule has 0 spiro atoms. The van der Waals surface area contributed by atoms with Gasteiger partial charge in [0.2, 0.25) is 5.95 Å². The molecule has 2 aromatic carbocycles. The zero-order chi connectivity index (χ0) is 22.1. The first-order valence-electron chi connectivity index (χ1n) is 10.6. The molecule has 0 atom stereocenters. The lowest BCUT2D eigenvalue weighted by Gasteiger charge is -2.19. The molecule has 0 saturated heterocycles. The molecular formula is C25H26N6O. The molecule has 0 unspecified atom stereocenters. The summed E-state index contributed by atoms with van der Waals surface area (Å²) in [5.41, 5.74) is 5.71. The molecule has 3 heterocycles. The molecule has 32 heavy (non-hydrogen) atoms. The number of hydrogen-bond acceptors (Lipinski definition) is 5. The fraction of sp³-hybridized carbons (Fsp3) is 0.200. The van der Waals surface area contributed by atoms with Crippen LogP contribution in [0.4, 0.5) is 17.5 Å². The largest absolute Gasteiger partial charge is 0.497 e. The number of methoxy groups -OCH3 is 1. The molecule has 0 bridgehead atoms. The second-order valence-electron chi connectivity index (χ2n) is 7.92. The van der Waals surface area contributed by atoms with Crippen LogP contribution in [0.15, 0.2) is 60.9 Å². The molecule has 5 rings (SSSR count). The van der Waals surface area contributed by atoms with Gasteiger partial charge < -0.3 is 24.9 Å². The maximum absolute atomic E-state index is 5.36. The van der Waals surface area contributed by atoms with Gasteiger partial charge in [-0.1, -0.05) is 0 Å². The Bertz CT molecular complexity index is 1390. The van der Waals surface area contributed by atoms with Crippen LogP contribution in [-0.4, -0.2) is 40.6 Å². The number of nitrogens with one attached hydrogen (secondary N) is 3. The summed E-state index contributed by atoms with van der Waals surface area (Å²) >= 11 is 0. The summed E-state index contributed by atoms with van der Waals surface area (Å²) in [7, 11) is 3.71. The normalized spacial score (nSPS) is 11.2. The fourth-order valence-corrected chi connectivity index (χ4v) is 4.03. The van der Waals surface area contributed by atoms with Crippen molar-refractivity contribution in [1.82, 2.24) is 19.9 Å². The number of fused-ring (bicyclic) bond motifs is 2. The van der Waals surface area contributed by atoms with Crippen molar-refractivity contribution >= 4 is 39.3 Å². The summed E-state index contributed by atoms with van der Waals surface area (Å²) in [5, 5.41) is 5.72. The van der Waals surface area contributed by atoms with Gasteiger partial charge in [0, 0.05) is 59.2 Å². The smallest absolute Gasteiger partial charge is 0.224 e. The number of rotatable bonds is 7. The van der Waals surface area contributed by atoms with Gasteiger partial charge in [-0.2, -0.15) is 4.98 Å². The van der Waals surface area contributed by atoms with Crippen LogP contribution in [0.1, 0.15) is 11.3 Å². The summed E-state index contributed by atoms with van der Waals surface area (Å²) < 4.78 is 5.36. The van der Waals surface area contributed by atoms with Gasteiger partial charge in [-0.25, -0.2) is 4.98 Å². The van der Waals surface area contributed by atoms with Crippen molar-refractivity contribution in [1.29, 1.82) is 0 Å². The highest BCUT2D eigenvalue weighted by molar-refractivity contribution is 5.85. The molecule has 0 aliphatic rings. The third-order valence-electron chi connectivity index (χ3n) is 5.76. The maximum atomic E-state index is 5.36. The zero-order valence-corrected chi connectivity index (χ0v) is 18.4. The van der Waals surface area contributed by atoms with E-state index >= 15 is 0 Å². The van der Waals surface area contributed by atoms with Crippen molar-refractivity contribution in [3.05, 3.63) is 72.2 Å². The Kier molecular flexibility index (Phi) is 5.15. The first kappa shape index (κ1) is 19.9. The van der Waals surface area contributed by atoms with E-state index in [0.29, 0.717) is 5.95 Å².